The highest BCUT2D eigenvalue weighted by atomic mass is 32.2. The summed E-state index contributed by atoms with van der Waals surface area (Å²) < 4.78 is 40.2. The Kier molecular flexibility index (Phi) is 6.11. The Labute approximate surface area is 189 Å². The molecule has 3 heterocycles. The molecule has 4 rings (SSSR count). The highest BCUT2D eigenvalue weighted by Crippen LogP contribution is 2.33. The van der Waals surface area contributed by atoms with E-state index in [2.05, 4.69) is 25.1 Å². The van der Waals surface area contributed by atoms with Crippen LogP contribution >= 0.6 is 0 Å². The number of nitrogens with zero attached hydrogens (tertiary/aromatic N) is 4. The molecule has 0 saturated heterocycles. The molecule has 172 valence electrons. The third-order valence-corrected chi connectivity index (χ3v) is 5.41. The van der Waals surface area contributed by atoms with Gasteiger partial charge in [-0.05, 0) is 31.2 Å². The van der Waals surface area contributed by atoms with Crippen molar-refractivity contribution >= 4 is 9.84 Å². The number of H-pyrrole nitrogens is 1. The van der Waals surface area contributed by atoms with Gasteiger partial charge in [-0.15, -0.1) is 10.2 Å². The van der Waals surface area contributed by atoms with E-state index < -0.39 is 15.9 Å². The van der Waals surface area contributed by atoms with Crippen molar-refractivity contribution in [2.45, 2.75) is 25.0 Å². The van der Waals surface area contributed by atoms with E-state index in [0.29, 0.717) is 29.0 Å². The number of hydrogen-bond donors (Lipinski definition) is 2. The molecule has 0 unspecified atom stereocenters. The van der Waals surface area contributed by atoms with Gasteiger partial charge in [0.05, 0.1) is 19.0 Å². The zero-order valence-electron chi connectivity index (χ0n) is 18.0. The molecule has 3 aromatic heterocycles. The zero-order chi connectivity index (χ0) is 23.6. The van der Waals surface area contributed by atoms with Crippen LogP contribution in [0.15, 0.2) is 52.2 Å². The van der Waals surface area contributed by atoms with E-state index in [0.717, 1.165) is 23.7 Å². The minimum Gasteiger partial charge on any atom is -0.488 e. The summed E-state index contributed by atoms with van der Waals surface area (Å²) in [6, 6.07) is 8.81. The van der Waals surface area contributed by atoms with E-state index in [1.807, 2.05) is 12.1 Å². The molecule has 0 fully saturated rings. The molecule has 0 saturated carbocycles. The number of benzene rings is 1. The maximum atomic E-state index is 11.6. The van der Waals surface area contributed by atoms with Crippen LogP contribution in [-0.4, -0.2) is 57.6 Å². The van der Waals surface area contributed by atoms with Crippen LogP contribution in [0.1, 0.15) is 12.8 Å². The molecule has 0 amide bonds. The normalized spacial score (nSPS) is 12.5. The molecule has 12 heteroatoms. The quantitative estimate of drug-likeness (QED) is 0.392. The first-order valence-electron chi connectivity index (χ1n) is 9.83. The van der Waals surface area contributed by atoms with E-state index in [1.54, 1.807) is 32.0 Å². The summed E-state index contributed by atoms with van der Waals surface area (Å²) in [5.74, 6) is 1.74. The van der Waals surface area contributed by atoms with E-state index in [-0.39, 0.29) is 17.5 Å². The third-order valence-electron chi connectivity index (χ3n) is 4.43. The SMILES string of the molecule is Cc1nnc(-c2ccc(-c3cc(Oc4cnc(S(C)(=O)=O)cn4)cc(O[C@@H](C)CO)c3)[nH]2)o1. The number of nitrogens with one attached hydrogen (secondary N) is 1. The second kappa shape index (κ2) is 9.00. The fourth-order valence-electron chi connectivity index (χ4n) is 2.89. The second-order valence-electron chi connectivity index (χ2n) is 7.28. The molecule has 4 aromatic rings. The lowest BCUT2D eigenvalue weighted by Crippen LogP contribution is -2.16. The lowest BCUT2D eigenvalue weighted by atomic mass is 10.1. The summed E-state index contributed by atoms with van der Waals surface area (Å²) in [6.45, 7) is 3.27. The van der Waals surface area contributed by atoms with Gasteiger partial charge in [0.25, 0.3) is 5.89 Å². The third kappa shape index (κ3) is 5.35. The highest BCUT2D eigenvalue weighted by molar-refractivity contribution is 7.90. The van der Waals surface area contributed by atoms with Gasteiger partial charge in [0.1, 0.15) is 23.3 Å². The predicted octanol–water partition coefficient (Wildman–Crippen LogP) is 2.79. The average molecular weight is 471 g/mol. The molecule has 33 heavy (non-hydrogen) atoms. The molecule has 11 nitrogen and oxygen atoms in total. The lowest BCUT2D eigenvalue weighted by Gasteiger charge is -2.15. The molecule has 0 spiro atoms. The summed E-state index contributed by atoms with van der Waals surface area (Å²) in [4.78, 5) is 11.1. The van der Waals surface area contributed by atoms with Crippen molar-refractivity contribution in [3.63, 3.8) is 0 Å². The van der Waals surface area contributed by atoms with Crippen molar-refractivity contribution < 1.29 is 27.4 Å². The Hall–Kier alpha value is -3.77. The van der Waals surface area contributed by atoms with Crippen LogP contribution < -0.4 is 9.47 Å². The summed E-state index contributed by atoms with van der Waals surface area (Å²) >= 11 is 0. The molecule has 0 aliphatic rings. The largest absolute Gasteiger partial charge is 0.488 e. The smallest absolute Gasteiger partial charge is 0.264 e. The molecular weight excluding hydrogens is 450 g/mol. The van der Waals surface area contributed by atoms with E-state index >= 15 is 0 Å². The van der Waals surface area contributed by atoms with Gasteiger partial charge in [-0.25, -0.2) is 18.4 Å². The zero-order valence-corrected chi connectivity index (χ0v) is 18.8. The summed E-state index contributed by atoms with van der Waals surface area (Å²) in [5.41, 5.74) is 2.09. The maximum Gasteiger partial charge on any atom is 0.264 e. The Bertz CT molecular complexity index is 1360. The van der Waals surface area contributed by atoms with Crippen molar-refractivity contribution in [2.75, 3.05) is 12.9 Å². The van der Waals surface area contributed by atoms with Crippen LogP contribution in [-0.2, 0) is 9.84 Å². The molecule has 0 radical (unpaired) electrons. The minimum atomic E-state index is -3.47. The van der Waals surface area contributed by atoms with Crippen LogP contribution in [0, 0.1) is 6.92 Å². The summed E-state index contributed by atoms with van der Waals surface area (Å²) in [5, 5.41) is 17.0. The second-order valence-corrected chi connectivity index (χ2v) is 9.25. The van der Waals surface area contributed by atoms with Crippen molar-refractivity contribution in [2.24, 2.45) is 0 Å². The van der Waals surface area contributed by atoms with Crippen LogP contribution in [0.2, 0.25) is 0 Å². The van der Waals surface area contributed by atoms with Gasteiger partial charge >= 0.3 is 0 Å². The lowest BCUT2D eigenvalue weighted by molar-refractivity contribution is 0.129. The number of aromatic amines is 1. The predicted molar refractivity (Wildman–Crippen MR) is 117 cm³/mol. The Morgan fingerprint density at radius 1 is 1.09 bits per heavy atom. The van der Waals surface area contributed by atoms with Gasteiger partial charge < -0.3 is 24.0 Å². The van der Waals surface area contributed by atoms with Gasteiger partial charge in [-0.1, -0.05) is 0 Å². The fourth-order valence-corrected chi connectivity index (χ4v) is 3.38. The number of aryl methyl sites for hydroxylation is 1. The van der Waals surface area contributed by atoms with Gasteiger partial charge in [-0.3, -0.25) is 0 Å². The van der Waals surface area contributed by atoms with Crippen molar-refractivity contribution in [3.8, 4) is 40.2 Å². The first-order chi connectivity index (χ1) is 15.7. The Morgan fingerprint density at radius 2 is 1.85 bits per heavy atom. The number of sulfone groups is 1. The van der Waals surface area contributed by atoms with Crippen LogP contribution in [0.25, 0.3) is 22.8 Å². The Balaban J connectivity index is 1.67. The molecule has 2 N–H and O–H groups in total. The monoisotopic (exact) mass is 471 g/mol. The van der Waals surface area contributed by atoms with Crippen LogP contribution in [0.4, 0.5) is 0 Å². The maximum absolute atomic E-state index is 11.6. The molecule has 0 aliphatic carbocycles. The van der Waals surface area contributed by atoms with Crippen LogP contribution in [0.3, 0.4) is 0 Å². The van der Waals surface area contributed by atoms with Crippen LogP contribution in [0.5, 0.6) is 17.4 Å². The van der Waals surface area contributed by atoms with E-state index in [1.165, 1.54) is 6.20 Å². The van der Waals surface area contributed by atoms with Gasteiger partial charge in [0, 0.05) is 30.5 Å². The van der Waals surface area contributed by atoms with Gasteiger partial charge in [0.2, 0.25) is 11.8 Å². The number of ether oxygens (including phenoxy) is 2. The number of rotatable bonds is 8. The molecule has 0 aliphatic heterocycles. The number of aliphatic hydroxyl groups excluding tert-OH is 1. The molecule has 1 aromatic carbocycles. The van der Waals surface area contributed by atoms with E-state index in [9.17, 15) is 13.5 Å². The summed E-state index contributed by atoms with van der Waals surface area (Å²) in [6.07, 6.45) is 2.96. The number of aromatic nitrogens is 5. The fraction of sp³-hybridized carbons (Fsp3) is 0.238. The Morgan fingerprint density at radius 3 is 2.48 bits per heavy atom. The molecular formula is C21H21N5O6S. The minimum absolute atomic E-state index is 0.106. The van der Waals surface area contributed by atoms with Crippen molar-refractivity contribution in [1.29, 1.82) is 0 Å². The number of aliphatic hydroxyl groups is 1. The van der Waals surface area contributed by atoms with Gasteiger partial charge in [0.15, 0.2) is 14.9 Å². The first kappa shape index (κ1) is 22.4. The molecule has 1 atom stereocenters. The van der Waals surface area contributed by atoms with E-state index in [4.69, 9.17) is 13.9 Å². The van der Waals surface area contributed by atoms with Gasteiger partial charge in [-0.2, -0.15) is 0 Å². The standard InChI is InChI=1S/C21H21N5O6S/c1-12(11-27)30-15-6-14(17-4-5-18(24-17)21-26-25-13(2)31-21)7-16(8-15)32-19-9-23-20(10-22-19)33(3,28)29/h4-10,12,24,27H,11H2,1-3H3/t12-/m0/s1. The summed E-state index contributed by atoms with van der Waals surface area (Å²) in [7, 11) is -3.47. The first-order valence-corrected chi connectivity index (χ1v) is 11.7. The van der Waals surface area contributed by atoms with Crippen molar-refractivity contribution in [3.05, 3.63) is 48.6 Å². The highest BCUT2D eigenvalue weighted by Gasteiger charge is 2.14. The molecule has 0 bridgehead atoms. The average Bonchev–Trinajstić information content (AvgIpc) is 3.42. The van der Waals surface area contributed by atoms with Crippen molar-refractivity contribution in [1.82, 2.24) is 25.1 Å². The topological polar surface area (TPSA) is 153 Å². The number of hydrogen-bond acceptors (Lipinski definition) is 10.